The van der Waals surface area contributed by atoms with Crippen molar-refractivity contribution >= 4 is 23.2 Å². The van der Waals surface area contributed by atoms with Gasteiger partial charge >= 0.3 is 5.97 Å². The Balaban J connectivity index is 1.96. The van der Waals surface area contributed by atoms with Gasteiger partial charge in [0.2, 0.25) is 0 Å². The minimum absolute atomic E-state index is 0.311. The van der Waals surface area contributed by atoms with E-state index in [4.69, 9.17) is 9.47 Å². The summed E-state index contributed by atoms with van der Waals surface area (Å²) in [6.07, 6.45) is -0.882. The van der Waals surface area contributed by atoms with Gasteiger partial charge in [0.25, 0.3) is 5.91 Å². The average molecular weight is 333 g/mol. The second-order valence-corrected chi connectivity index (χ2v) is 6.08. The molecule has 0 aliphatic rings. The lowest BCUT2D eigenvalue weighted by Gasteiger charge is -2.15. The van der Waals surface area contributed by atoms with E-state index in [1.807, 2.05) is 30.5 Å². The highest BCUT2D eigenvalue weighted by atomic mass is 32.1. The highest BCUT2D eigenvalue weighted by Crippen LogP contribution is 2.21. The highest BCUT2D eigenvalue weighted by molar-refractivity contribution is 7.09. The molecule has 0 aliphatic heterocycles. The van der Waals surface area contributed by atoms with Gasteiger partial charge in [0.05, 0.1) is 13.7 Å². The number of hydrogen-bond acceptors (Lipinski definition) is 5. The van der Waals surface area contributed by atoms with Crippen molar-refractivity contribution in [3.63, 3.8) is 0 Å². The molecule has 0 fully saturated rings. The largest absolute Gasteiger partial charge is 0.496 e. The Morgan fingerprint density at radius 2 is 2.09 bits per heavy atom. The van der Waals surface area contributed by atoms with E-state index < -0.39 is 12.1 Å². The fourth-order valence-corrected chi connectivity index (χ4v) is 2.63. The zero-order valence-corrected chi connectivity index (χ0v) is 14.1. The minimum Gasteiger partial charge on any atom is -0.496 e. The standard InChI is InChI=1S/C17H19NO4S/c1-11-6-7-15(21-3)14(9-11)17(20)22-12(2)16(19)18-10-13-5-4-8-23-13/h4-9,12H,10H2,1-3H3,(H,18,19)/t12-/m0/s1. The first-order chi connectivity index (χ1) is 11.0. The normalized spacial score (nSPS) is 11.6. The van der Waals surface area contributed by atoms with Gasteiger partial charge in [0.1, 0.15) is 11.3 Å². The van der Waals surface area contributed by atoms with Crippen LogP contribution in [-0.2, 0) is 16.1 Å². The van der Waals surface area contributed by atoms with Crippen LogP contribution < -0.4 is 10.1 Å². The van der Waals surface area contributed by atoms with E-state index >= 15 is 0 Å². The van der Waals surface area contributed by atoms with Gasteiger partial charge < -0.3 is 14.8 Å². The lowest BCUT2D eigenvalue weighted by Crippen LogP contribution is -2.35. The Hall–Kier alpha value is -2.34. The fraction of sp³-hybridized carbons (Fsp3) is 0.294. The second kappa shape index (κ2) is 7.78. The van der Waals surface area contributed by atoms with Crippen LogP contribution in [0.1, 0.15) is 27.7 Å². The van der Waals surface area contributed by atoms with Crippen molar-refractivity contribution in [2.75, 3.05) is 7.11 Å². The number of hydrogen-bond donors (Lipinski definition) is 1. The molecular formula is C17H19NO4S. The molecule has 1 amide bonds. The lowest BCUT2D eigenvalue weighted by atomic mass is 10.1. The summed E-state index contributed by atoms with van der Waals surface area (Å²) in [7, 11) is 1.48. The minimum atomic E-state index is -0.882. The lowest BCUT2D eigenvalue weighted by molar-refractivity contribution is -0.129. The van der Waals surface area contributed by atoms with Gasteiger partial charge in [-0.15, -0.1) is 11.3 Å². The third-order valence-corrected chi connectivity index (χ3v) is 4.12. The van der Waals surface area contributed by atoms with Crippen LogP contribution in [0, 0.1) is 6.92 Å². The molecule has 1 heterocycles. The number of nitrogens with one attached hydrogen (secondary N) is 1. The number of ether oxygens (including phenoxy) is 2. The van der Waals surface area contributed by atoms with Crippen molar-refractivity contribution in [2.45, 2.75) is 26.5 Å². The van der Waals surface area contributed by atoms with Crippen LogP contribution in [0.25, 0.3) is 0 Å². The molecule has 122 valence electrons. The number of carbonyl (C=O) groups is 2. The summed E-state index contributed by atoms with van der Waals surface area (Å²) in [5.74, 6) is -0.491. The molecule has 23 heavy (non-hydrogen) atoms. The topological polar surface area (TPSA) is 64.6 Å². The van der Waals surface area contributed by atoms with Crippen molar-refractivity contribution in [2.24, 2.45) is 0 Å². The number of aryl methyl sites for hydroxylation is 1. The second-order valence-electron chi connectivity index (χ2n) is 5.05. The van der Waals surface area contributed by atoms with Crippen molar-refractivity contribution in [3.8, 4) is 5.75 Å². The number of methoxy groups -OCH3 is 1. The number of benzene rings is 1. The van der Waals surface area contributed by atoms with Gasteiger partial charge in [-0.3, -0.25) is 4.79 Å². The van der Waals surface area contributed by atoms with Crippen molar-refractivity contribution in [1.29, 1.82) is 0 Å². The first kappa shape index (κ1) is 17.0. The summed E-state index contributed by atoms with van der Waals surface area (Å²) in [5, 5.41) is 4.68. The molecule has 2 rings (SSSR count). The number of amides is 1. The van der Waals surface area contributed by atoms with Gasteiger partial charge in [0.15, 0.2) is 6.10 Å². The molecular weight excluding hydrogens is 314 g/mol. The Labute approximate surface area is 139 Å². The van der Waals surface area contributed by atoms with Gasteiger partial charge in [-0.2, -0.15) is 0 Å². The molecule has 0 unspecified atom stereocenters. The summed E-state index contributed by atoms with van der Waals surface area (Å²) < 4.78 is 10.4. The van der Waals surface area contributed by atoms with Crippen molar-refractivity contribution < 1.29 is 19.1 Å². The maximum Gasteiger partial charge on any atom is 0.342 e. The van der Waals surface area contributed by atoms with E-state index in [-0.39, 0.29) is 5.91 Å². The molecule has 1 atom stereocenters. The number of thiophene rings is 1. The third kappa shape index (κ3) is 4.56. The first-order valence-corrected chi connectivity index (χ1v) is 8.05. The van der Waals surface area contributed by atoms with Crippen LogP contribution in [0.3, 0.4) is 0 Å². The van der Waals surface area contributed by atoms with Gasteiger partial charge in [-0.05, 0) is 37.4 Å². The van der Waals surface area contributed by atoms with Gasteiger partial charge in [0, 0.05) is 4.88 Å². The summed E-state index contributed by atoms with van der Waals surface area (Å²) in [5.41, 5.74) is 1.22. The molecule has 0 saturated carbocycles. The maximum atomic E-state index is 12.2. The highest BCUT2D eigenvalue weighted by Gasteiger charge is 2.21. The molecule has 1 aromatic carbocycles. The quantitative estimate of drug-likeness (QED) is 0.826. The van der Waals surface area contributed by atoms with E-state index in [1.165, 1.54) is 7.11 Å². The Morgan fingerprint density at radius 3 is 2.74 bits per heavy atom. The van der Waals surface area contributed by atoms with Crippen LogP contribution in [-0.4, -0.2) is 25.1 Å². The number of carbonyl (C=O) groups excluding carboxylic acids is 2. The third-order valence-electron chi connectivity index (χ3n) is 3.24. The maximum absolute atomic E-state index is 12.2. The number of rotatable bonds is 6. The van der Waals surface area contributed by atoms with E-state index in [1.54, 1.807) is 30.4 Å². The predicted octanol–water partition coefficient (Wildman–Crippen LogP) is 2.93. The summed E-state index contributed by atoms with van der Waals surface area (Å²) in [6.45, 7) is 3.84. The van der Waals surface area contributed by atoms with Crippen LogP contribution in [0.5, 0.6) is 5.75 Å². The summed E-state index contributed by atoms with van der Waals surface area (Å²) in [4.78, 5) is 25.3. The molecule has 1 N–H and O–H groups in total. The average Bonchev–Trinajstić information content (AvgIpc) is 3.05. The molecule has 5 nitrogen and oxygen atoms in total. The van der Waals surface area contributed by atoms with E-state index in [0.29, 0.717) is 17.9 Å². The van der Waals surface area contributed by atoms with Crippen LogP contribution in [0.15, 0.2) is 35.7 Å². The van der Waals surface area contributed by atoms with Crippen LogP contribution in [0.2, 0.25) is 0 Å². The first-order valence-electron chi connectivity index (χ1n) is 7.17. The molecule has 1 aromatic heterocycles. The Kier molecular flexibility index (Phi) is 5.76. The fourth-order valence-electron chi connectivity index (χ4n) is 1.99. The smallest absolute Gasteiger partial charge is 0.342 e. The molecule has 0 radical (unpaired) electrons. The van der Waals surface area contributed by atoms with E-state index in [9.17, 15) is 9.59 Å². The molecule has 0 spiro atoms. The van der Waals surface area contributed by atoms with Gasteiger partial charge in [-0.25, -0.2) is 4.79 Å². The molecule has 0 aliphatic carbocycles. The number of esters is 1. The van der Waals surface area contributed by atoms with Crippen molar-refractivity contribution in [3.05, 3.63) is 51.7 Å². The SMILES string of the molecule is COc1ccc(C)cc1C(=O)O[C@@H](C)C(=O)NCc1cccs1. The molecule has 0 saturated heterocycles. The monoisotopic (exact) mass is 333 g/mol. The van der Waals surface area contributed by atoms with E-state index in [0.717, 1.165) is 10.4 Å². The Morgan fingerprint density at radius 1 is 1.30 bits per heavy atom. The zero-order chi connectivity index (χ0) is 16.8. The zero-order valence-electron chi connectivity index (χ0n) is 13.3. The molecule has 0 bridgehead atoms. The van der Waals surface area contributed by atoms with Crippen LogP contribution in [0.4, 0.5) is 0 Å². The molecule has 2 aromatic rings. The van der Waals surface area contributed by atoms with Gasteiger partial charge in [-0.1, -0.05) is 17.7 Å². The molecule has 6 heteroatoms. The summed E-state index contributed by atoms with van der Waals surface area (Å²) in [6, 6.07) is 9.07. The van der Waals surface area contributed by atoms with E-state index in [2.05, 4.69) is 5.32 Å². The Bertz CT molecular complexity index is 682. The van der Waals surface area contributed by atoms with Crippen molar-refractivity contribution in [1.82, 2.24) is 5.32 Å². The van der Waals surface area contributed by atoms with Crippen LogP contribution >= 0.6 is 11.3 Å². The predicted molar refractivity (Wildman–Crippen MR) is 88.8 cm³/mol. The summed E-state index contributed by atoms with van der Waals surface area (Å²) >= 11 is 1.55.